The lowest BCUT2D eigenvalue weighted by Crippen LogP contribution is -2.31. The van der Waals surface area contributed by atoms with E-state index in [4.69, 9.17) is 4.74 Å². The first-order valence-electron chi connectivity index (χ1n) is 10.9. The summed E-state index contributed by atoms with van der Waals surface area (Å²) in [4.78, 5) is 15.4. The molecule has 2 N–H and O–H groups in total. The number of methoxy groups -OCH3 is 1. The molecule has 0 radical (unpaired) electrons. The number of anilines is 1. The molecular formula is C26H29N3O3S. The van der Waals surface area contributed by atoms with Crippen LogP contribution in [0, 0.1) is 0 Å². The number of amides is 2. The second-order valence-corrected chi connectivity index (χ2v) is 9.84. The maximum absolute atomic E-state index is 12.9. The van der Waals surface area contributed by atoms with Gasteiger partial charge in [-0.05, 0) is 72.6 Å². The van der Waals surface area contributed by atoms with Gasteiger partial charge in [0.15, 0.2) is 0 Å². The number of nitrogens with zero attached hydrogens (tertiary/aromatic N) is 1. The predicted octanol–water partition coefficient (Wildman–Crippen LogP) is 4.83. The summed E-state index contributed by atoms with van der Waals surface area (Å²) in [5.74, 6) is 1.22. The van der Waals surface area contributed by atoms with Gasteiger partial charge in [0.2, 0.25) is 0 Å². The molecule has 1 aliphatic rings. The number of carbonyl (C=O) groups is 1. The summed E-state index contributed by atoms with van der Waals surface area (Å²) in [7, 11) is 2.57. The van der Waals surface area contributed by atoms with Crippen LogP contribution in [-0.4, -0.2) is 29.3 Å². The van der Waals surface area contributed by atoms with E-state index in [1.54, 1.807) is 31.4 Å². The first-order chi connectivity index (χ1) is 15.9. The van der Waals surface area contributed by atoms with Crippen LogP contribution in [0.3, 0.4) is 0 Å². The van der Waals surface area contributed by atoms with Gasteiger partial charge >= 0.3 is 6.03 Å². The largest absolute Gasteiger partial charge is 0.497 e. The highest BCUT2D eigenvalue weighted by Crippen LogP contribution is 2.24. The summed E-state index contributed by atoms with van der Waals surface area (Å²) in [6.45, 7) is 3.82. The van der Waals surface area contributed by atoms with Crippen molar-refractivity contribution in [1.82, 2.24) is 10.2 Å². The number of benzene rings is 3. The number of rotatable bonds is 7. The van der Waals surface area contributed by atoms with Crippen molar-refractivity contribution in [2.24, 2.45) is 0 Å². The van der Waals surface area contributed by atoms with E-state index in [9.17, 15) is 9.00 Å². The molecule has 7 heteroatoms. The normalized spacial score (nSPS) is 14.9. The average Bonchev–Trinajstić information content (AvgIpc) is 3.18. The summed E-state index contributed by atoms with van der Waals surface area (Å²) >= 11 is 0. The molecule has 0 aromatic heterocycles. The van der Waals surface area contributed by atoms with Gasteiger partial charge < -0.3 is 15.4 Å². The van der Waals surface area contributed by atoms with Gasteiger partial charge in [0.05, 0.1) is 29.7 Å². The van der Waals surface area contributed by atoms with Crippen molar-refractivity contribution >= 4 is 22.5 Å². The lowest BCUT2D eigenvalue weighted by Gasteiger charge is -2.16. The van der Waals surface area contributed by atoms with Crippen molar-refractivity contribution in [3.8, 4) is 5.75 Å². The molecule has 6 nitrogen and oxygen atoms in total. The number of ether oxygens (including phenoxy) is 1. The van der Waals surface area contributed by atoms with Crippen LogP contribution in [0.15, 0.2) is 71.6 Å². The summed E-state index contributed by atoms with van der Waals surface area (Å²) in [6.07, 6.45) is 0. The fraction of sp³-hybridized carbons (Fsp3) is 0.269. The second-order valence-electron chi connectivity index (χ2n) is 8.39. The summed E-state index contributed by atoms with van der Waals surface area (Å²) in [5.41, 5.74) is 5.35. The molecule has 2 amide bonds. The monoisotopic (exact) mass is 463 g/mol. The van der Waals surface area contributed by atoms with Crippen LogP contribution in [0.1, 0.15) is 35.2 Å². The molecule has 4 rings (SSSR count). The van der Waals surface area contributed by atoms with Crippen LogP contribution in [-0.2, 0) is 29.6 Å². The van der Waals surface area contributed by atoms with E-state index in [1.807, 2.05) is 31.2 Å². The number of fused-ring (bicyclic) bond motifs is 1. The van der Waals surface area contributed by atoms with Crippen molar-refractivity contribution in [3.63, 3.8) is 0 Å². The molecule has 0 spiro atoms. The van der Waals surface area contributed by atoms with Crippen LogP contribution in [0.4, 0.5) is 10.5 Å². The van der Waals surface area contributed by atoms with Gasteiger partial charge in [-0.1, -0.05) is 30.3 Å². The molecule has 1 aliphatic heterocycles. The third kappa shape index (κ3) is 5.80. The fourth-order valence-electron chi connectivity index (χ4n) is 3.99. The Morgan fingerprint density at radius 1 is 1.06 bits per heavy atom. The van der Waals surface area contributed by atoms with E-state index >= 15 is 0 Å². The molecule has 0 saturated heterocycles. The van der Waals surface area contributed by atoms with Gasteiger partial charge in [0.1, 0.15) is 5.75 Å². The smallest absolute Gasteiger partial charge is 0.319 e. The molecule has 2 unspecified atom stereocenters. The molecule has 172 valence electrons. The van der Waals surface area contributed by atoms with Crippen LogP contribution >= 0.6 is 0 Å². The second kappa shape index (κ2) is 10.2. The van der Waals surface area contributed by atoms with Crippen molar-refractivity contribution in [2.75, 3.05) is 19.5 Å². The van der Waals surface area contributed by atoms with E-state index in [1.165, 1.54) is 11.1 Å². The maximum Gasteiger partial charge on any atom is 0.319 e. The minimum absolute atomic E-state index is 0.181. The number of urea groups is 1. The van der Waals surface area contributed by atoms with Gasteiger partial charge in [-0.3, -0.25) is 9.11 Å². The standard InChI is InChI=1S/C26H29N3O3S/c1-18(20-5-4-6-24(14-20)32-3)27-26(30)28-23-9-11-25(12-10-23)33(31)17-19-7-8-21-15-29(2)16-22(21)13-19/h4-14,18H,15-17H2,1-3H3,(H2,27,28,30). The Morgan fingerprint density at radius 3 is 2.58 bits per heavy atom. The van der Waals surface area contributed by atoms with E-state index in [0.29, 0.717) is 11.4 Å². The minimum Gasteiger partial charge on any atom is -0.497 e. The quantitative estimate of drug-likeness (QED) is 0.527. The van der Waals surface area contributed by atoms with Gasteiger partial charge in [-0.2, -0.15) is 0 Å². The minimum atomic E-state index is -1.15. The highest BCUT2D eigenvalue weighted by Gasteiger charge is 2.16. The van der Waals surface area contributed by atoms with Crippen LogP contribution in [0.25, 0.3) is 0 Å². The number of hydrogen-bond acceptors (Lipinski definition) is 4. The Labute approximate surface area is 197 Å². The van der Waals surface area contributed by atoms with E-state index < -0.39 is 10.8 Å². The Balaban J connectivity index is 1.32. The Kier molecular flexibility index (Phi) is 7.11. The van der Waals surface area contributed by atoms with Crippen molar-refractivity contribution in [3.05, 3.63) is 89.0 Å². The van der Waals surface area contributed by atoms with Crippen molar-refractivity contribution in [2.45, 2.75) is 36.7 Å². The topological polar surface area (TPSA) is 70.7 Å². The third-order valence-corrected chi connectivity index (χ3v) is 7.16. The average molecular weight is 464 g/mol. The summed E-state index contributed by atoms with van der Waals surface area (Å²) in [6, 6.07) is 20.7. The van der Waals surface area contributed by atoms with E-state index in [2.05, 4.69) is 40.8 Å². The van der Waals surface area contributed by atoms with Gasteiger partial charge in [0.25, 0.3) is 0 Å². The molecule has 2 atom stereocenters. The molecule has 0 bridgehead atoms. The van der Waals surface area contributed by atoms with Gasteiger partial charge in [0, 0.05) is 23.7 Å². The molecule has 3 aromatic rings. The van der Waals surface area contributed by atoms with E-state index in [-0.39, 0.29) is 12.1 Å². The lowest BCUT2D eigenvalue weighted by atomic mass is 10.1. The number of nitrogens with one attached hydrogen (secondary N) is 2. The first kappa shape index (κ1) is 23.0. The zero-order chi connectivity index (χ0) is 23.4. The van der Waals surface area contributed by atoms with Crippen LogP contribution < -0.4 is 15.4 Å². The Bertz CT molecular complexity index is 1160. The molecule has 0 aliphatic carbocycles. The maximum atomic E-state index is 12.9. The predicted molar refractivity (Wildman–Crippen MR) is 132 cm³/mol. The SMILES string of the molecule is COc1cccc(C(C)NC(=O)Nc2ccc(S(=O)Cc3ccc4c(c3)CN(C)C4)cc2)c1. The zero-order valence-corrected chi connectivity index (χ0v) is 19.9. The number of carbonyl (C=O) groups excluding carboxylic acids is 1. The van der Waals surface area contributed by atoms with Crippen molar-refractivity contribution < 1.29 is 13.7 Å². The summed E-state index contributed by atoms with van der Waals surface area (Å²) in [5, 5.41) is 5.76. The first-order valence-corrected chi connectivity index (χ1v) is 12.2. The van der Waals surface area contributed by atoms with Crippen LogP contribution in [0.5, 0.6) is 5.75 Å². The number of hydrogen-bond donors (Lipinski definition) is 2. The summed E-state index contributed by atoms with van der Waals surface area (Å²) < 4.78 is 18.1. The molecule has 3 aromatic carbocycles. The van der Waals surface area contributed by atoms with Crippen molar-refractivity contribution in [1.29, 1.82) is 0 Å². The molecular weight excluding hydrogens is 434 g/mol. The fourth-order valence-corrected chi connectivity index (χ4v) is 5.08. The van der Waals surface area contributed by atoms with Gasteiger partial charge in [-0.15, -0.1) is 0 Å². The molecule has 0 saturated carbocycles. The Morgan fingerprint density at radius 2 is 1.82 bits per heavy atom. The molecule has 0 fully saturated rings. The highest BCUT2D eigenvalue weighted by molar-refractivity contribution is 7.84. The van der Waals surface area contributed by atoms with E-state index in [0.717, 1.165) is 34.9 Å². The molecule has 33 heavy (non-hydrogen) atoms. The zero-order valence-electron chi connectivity index (χ0n) is 19.1. The Hall–Kier alpha value is -3.16. The van der Waals surface area contributed by atoms with Crippen LogP contribution in [0.2, 0.25) is 0 Å². The third-order valence-electron chi connectivity index (χ3n) is 5.77. The molecule has 1 heterocycles. The lowest BCUT2D eigenvalue weighted by molar-refractivity contribution is 0.249. The highest BCUT2D eigenvalue weighted by atomic mass is 32.2. The van der Waals surface area contributed by atoms with Gasteiger partial charge in [-0.25, -0.2) is 4.79 Å².